The van der Waals surface area contributed by atoms with Crippen LogP contribution in [0.25, 0.3) is 0 Å². The van der Waals surface area contributed by atoms with E-state index in [9.17, 15) is 13.2 Å². The third-order valence-corrected chi connectivity index (χ3v) is 6.96. The van der Waals surface area contributed by atoms with Crippen molar-refractivity contribution in [3.05, 3.63) is 35.4 Å². The van der Waals surface area contributed by atoms with Crippen molar-refractivity contribution >= 4 is 21.5 Å². The van der Waals surface area contributed by atoms with Gasteiger partial charge < -0.3 is 4.84 Å². The molecule has 1 unspecified atom stereocenters. The molecule has 144 valence electrons. The van der Waals surface area contributed by atoms with Crippen LogP contribution in [0.5, 0.6) is 0 Å². The van der Waals surface area contributed by atoms with E-state index in [1.165, 1.54) is 25.2 Å². The van der Waals surface area contributed by atoms with Gasteiger partial charge >= 0.3 is 0 Å². The summed E-state index contributed by atoms with van der Waals surface area (Å²) in [5.74, 6) is 5.90. The van der Waals surface area contributed by atoms with Crippen LogP contribution in [0.4, 0.5) is 0 Å². The van der Waals surface area contributed by atoms with Gasteiger partial charge in [0, 0.05) is 30.6 Å². The van der Waals surface area contributed by atoms with Crippen LogP contribution in [-0.2, 0) is 19.5 Å². The van der Waals surface area contributed by atoms with Gasteiger partial charge in [0.1, 0.15) is 6.10 Å². The monoisotopic (exact) mass is 390 g/mol. The predicted molar refractivity (Wildman–Crippen MR) is 99.9 cm³/mol. The number of sulfone groups is 1. The van der Waals surface area contributed by atoms with Gasteiger partial charge in [-0.1, -0.05) is 29.1 Å². The van der Waals surface area contributed by atoms with E-state index in [-0.39, 0.29) is 6.42 Å². The molecule has 0 saturated heterocycles. The Morgan fingerprint density at radius 3 is 2.59 bits per heavy atom. The first-order chi connectivity index (χ1) is 12.7. The maximum atomic E-state index is 12.1. The van der Waals surface area contributed by atoms with Gasteiger partial charge in [-0.15, -0.1) is 0 Å². The smallest absolute Gasteiger partial charge is 0.264 e. The molecular weight excluding hydrogens is 368 g/mol. The van der Waals surface area contributed by atoms with Crippen molar-refractivity contribution in [3.8, 4) is 11.8 Å². The number of benzene rings is 1. The summed E-state index contributed by atoms with van der Waals surface area (Å²) in [4.78, 5) is 17.3. The molecule has 0 bridgehead atoms. The SMILES string of the molecule is CC(C[C@H]1CC(c2ccc(C#CC3CC3)cc2)=NO1)(C(=O)NO)S(C)(=O)=O. The summed E-state index contributed by atoms with van der Waals surface area (Å²) in [6.45, 7) is 1.27. The second-order valence-corrected chi connectivity index (χ2v) is 9.68. The fourth-order valence-corrected chi connectivity index (χ4v) is 3.70. The quantitative estimate of drug-likeness (QED) is 0.452. The Hall–Kier alpha value is -2.37. The van der Waals surface area contributed by atoms with E-state index in [2.05, 4.69) is 17.0 Å². The summed E-state index contributed by atoms with van der Waals surface area (Å²) in [6.07, 6.45) is 3.00. The summed E-state index contributed by atoms with van der Waals surface area (Å²) in [6, 6.07) is 7.64. The van der Waals surface area contributed by atoms with Gasteiger partial charge in [0.15, 0.2) is 14.6 Å². The van der Waals surface area contributed by atoms with Gasteiger partial charge in [0.05, 0.1) is 5.71 Å². The van der Waals surface area contributed by atoms with Crippen LogP contribution >= 0.6 is 0 Å². The standard InChI is InChI=1S/C19H22N2O5S/c1-19(18(22)20-23,27(2,24)25)12-16-11-17(21-26-16)15-9-7-14(8-10-15)6-5-13-3-4-13/h7-10,13,16,23H,3-4,11-12H2,1-2H3,(H,20,22)/t16-,19?/m1/s1. The summed E-state index contributed by atoms with van der Waals surface area (Å²) in [7, 11) is -3.78. The van der Waals surface area contributed by atoms with E-state index < -0.39 is 26.6 Å². The highest BCUT2D eigenvalue weighted by molar-refractivity contribution is 7.92. The zero-order valence-electron chi connectivity index (χ0n) is 15.2. The van der Waals surface area contributed by atoms with Gasteiger partial charge in [-0.3, -0.25) is 10.0 Å². The highest BCUT2D eigenvalue weighted by Gasteiger charge is 2.47. The Morgan fingerprint density at radius 2 is 2.04 bits per heavy atom. The topological polar surface area (TPSA) is 105 Å². The van der Waals surface area contributed by atoms with Crippen molar-refractivity contribution in [2.45, 2.75) is 43.5 Å². The third kappa shape index (κ3) is 4.31. The molecule has 1 aromatic carbocycles. The molecule has 0 aromatic heterocycles. The highest BCUT2D eigenvalue weighted by Crippen LogP contribution is 2.30. The molecule has 7 nitrogen and oxygen atoms in total. The molecule has 1 heterocycles. The molecule has 1 aromatic rings. The second kappa shape index (κ2) is 7.33. The Balaban J connectivity index is 1.67. The number of hydrogen-bond donors (Lipinski definition) is 2. The lowest BCUT2D eigenvalue weighted by Gasteiger charge is -2.26. The minimum atomic E-state index is -3.78. The largest absolute Gasteiger partial charge is 0.392 e. The number of carbonyl (C=O) groups excluding carboxylic acids is 1. The maximum absolute atomic E-state index is 12.1. The van der Waals surface area contributed by atoms with Gasteiger partial charge in [0.25, 0.3) is 5.91 Å². The zero-order valence-corrected chi connectivity index (χ0v) is 16.0. The van der Waals surface area contributed by atoms with E-state index in [0.717, 1.165) is 17.4 Å². The first-order valence-electron chi connectivity index (χ1n) is 8.72. The van der Waals surface area contributed by atoms with Crippen molar-refractivity contribution in [1.29, 1.82) is 0 Å². The van der Waals surface area contributed by atoms with Crippen LogP contribution in [0.15, 0.2) is 29.4 Å². The lowest BCUT2D eigenvalue weighted by atomic mass is 9.96. The normalized spacial score (nSPS) is 21.3. The van der Waals surface area contributed by atoms with Crippen LogP contribution in [0.3, 0.4) is 0 Å². The van der Waals surface area contributed by atoms with Crippen LogP contribution < -0.4 is 5.48 Å². The molecule has 0 spiro atoms. The molecule has 0 radical (unpaired) electrons. The molecule has 27 heavy (non-hydrogen) atoms. The molecular formula is C19H22N2O5S. The Labute approximate surface area is 158 Å². The van der Waals surface area contributed by atoms with Crippen molar-refractivity contribution in [2.24, 2.45) is 11.1 Å². The summed E-state index contributed by atoms with van der Waals surface area (Å²) in [5.41, 5.74) is 3.92. The number of nitrogens with one attached hydrogen (secondary N) is 1. The Kier molecular flexibility index (Phi) is 5.27. The minimum Gasteiger partial charge on any atom is -0.392 e. The number of hydroxylamine groups is 1. The molecule has 1 amide bonds. The molecule has 2 atom stereocenters. The van der Waals surface area contributed by atoms with Gasteiger partial charge in [0.2, 0.25) is 0 Å². The highest BCUT2D eigenvalue weighted by atomic mass is 32.2. The van der Waals surface area contributed by atoms with Crippen molar-refractivity contribution in [3.63, 3.8) is 0 Å². The molecule has 2 aliphatic rings. The molecule has 1 aliphatic carbocycles. The number of hydrogen-bond acceptors (Lipinski definition) is 6. The summed E-state index contributed by atoms with van der Waals surface area (Å²) >= 11 is 0. The fourth-order valence-electron chi connectivity index (χ4n) is 2.83. The van der Waals surface area contributed by atoms with Crippen LogP contribution in [0.2, 0.25) is 0 Å². The molecule has 1 aliphatic heterocycles. The molecule has 1 fully saturated rings. The van der Waals surface area contributed by atoms with Crippen LogP contribution in [0, 0.1) is 17.8 Å². The molecule has 3 rings (SSSR count). The van der Waals surface area contributed by atoms with E-state index in [1.807, 2.05) is 24.3 Å². The van der Waals surface area contributed by atoms with Crippen molar-refractivity contribution < 1.29 is 23.3 Å². The number of oxime groups is 1. The summed E-state index contributed by atoms with van der Waals surface area (Å²) < 4.78 is 22.3. The van der Waals surface area contributed by atoms with E-state index >= 15 is 0 Å². The average Bonchev–Trinajstić information content (AvgIpc) is 3.36. The Bertz CT molecular complexity index is 923. The zero-order chi connectivity index (χ0) is 19.7. The number of rotatable bonds is 5. The van der Waals surface area contributed by atoms with Gasteiger partial charge in [-0.2, -0.15) is 0 Å². The van der Waals surface area contributed by atoms with E-state index in [0.29, 0.717) is 18.1 Å². The molecule has 2 N–H and O–H groups in total. The maximum Gasteiger partial charge on any atom is 0.264 e. The lowest BCUT2D eigenvalue weighted by Crippen LogP contribution is -2.51. The fraction of sp³-hybridized carbons (Fsp3) is 0.474. The minimum absolute atomic E-state index is 0.115. The van der Waals surface area contributed by atoms with Gasteiger partial charge in [-0.05, 0) is 37.5 Å². The number of carbonyl (C=O) groups is 1. The van der Waals surface area contributed by atoms with E-state index in [4.69, 9.17) is 10.0 Å². The van der Waals surface area contributed by atoms with Crippen LogP contribution in [0.1, 0.15) is 43.7 Å². The number of nitrogens with zero attached hydrogens (tertiary/aromatic N) is 1. The first-order valence-corrected chi connectivity index (χ1v) is 10.6. The first kappa shape index (κ1) is 19.4. The number of amides is 1. The second-order valence-electron chi connectivity index (χ2n) is 7.24. The Morgan fingerprint density at radius 1 is 1.37 bits per heavy atom. The predicted octanol–water partition coefficient (Wildman–Crippen LogP) is 1.64. The summed E-state index contributed by atoms with van der Waals surface area (Å²) in [5, 5.41) is 12.9. The molecule has 8 heteroatoms. The van der Waals surface area contributed by atoms with E-state index in [1.54, 1.807) is 0 Å². The van der Waals surface area contributed by atoms with Crippen LogP contribution in [-0.4, -0.2) is 42.4 Å². The third-order valence-electron chi connectivity index (χ3n) is 4.97. The van der Waals surface area contributed by atoms with Crippen molar-refractivity contribution in [1.82, 2.24) is 5.48 Å². The van der Waals surface area contributed by atoms with Crippen molar-refractivity contribution in [2.75, 3.05) is 6.26 Å². The average molecular weight is 390 g/mol. The lowest BCUT2D eigenvalue weighted by molar-refractivity contribution is -0.132. The molecule has 1 saturated carbocycles. The van der Waals surface area contributed by atoms with Gasteiger partial charge in [-0.25, -0.2) is 13.9 Å².